The summed E-state index contributed by atoms with van der Waals surface area (Å²) in [6, 6.07) is 5.27. The van der Waals surface area contributed by atoms with Gasteiger partial charge in [-0.15, -0.1) is 0 Å². The van der Waals surface area contributed by atoms with Crippen LogP contribution in [0.1, 0.15) is 31.9 Å². The van der Waals surface area contributed by atoms with E-state index in [0.717, 1.165) is 17.5 Å². The maximum Gasteiger partial charge on any atom is 0.241 e. The average molecular weight is 251 g/mol. The fraction of sp³-hybridized carbons (Fsp3) is 0.385. The number of benzene rings is 1. The molecule has 17 heavy (non-hydrogen) atoms. The van der Waals surface area contributed by atoms with Crippen LogP contribution in [0.5, 0.6) is 0 Å². The normalized spacial score (nSPS) is 15.0. The predicted molar refractivity (Wildman–Crippen MR) is 69.3 cm³/mol. The molecule has 0 radical (unpaired) electrons. The number of hydrogen-bond acceptors (Lipinski definition) is 2. The Morgan fingerprint density at radius 2 is 1.94 bits per heavy atom. The van der Waals surface area contributed by atoms with Crippen molar-refractivity contribution >= 4 is 16.1 Å². The summed E-state index contributed by atoms with van der Waals surface area (Å²) in [6.07, 6.45) is 4.87. The molecule has 2 rings (SSSR count). The van der Waals surface area contributed by atoms with Gasteiger partial charge in [0.1, 0.15) is 0 Å². The number of fused-ring (bicyclic) bond motifs is 1. The molecule has 0 saturated carbocycles. The smallest absolute Gasteiger partial charge is 0.207 e. The standard InChI is InChI=1S/C13H17NO2S/c1-13(2,3)14-17(15,16)12-8-7-10-5-4-6-11(10)9-12/h4-5,7-9,14H,6H2,1-3H3. The highest BCUT2D eigenvalue weighted by Crippen LogP contribution is 2.23. The lowest BCUT2D eigenvalue weighted by Crippen LogP contribution is -2.40. The second-order valence-electron chi connectivity index (χ2n) is 5.32. The largest absolute Gasteiger partial charge is 0.241 e. The number of allylic oxidation sites excluding steroid dienone is 1. The minimum atomic E-state index is -3.42. The monoisotopic (exact) mass is 251 g/mol. The number of hydrogen-bond donors (Lipinski definition) is 1. The Balaban J connectivity index is 2.35. The molecule has 0 atom stereocenters. The van der Waals surface area contributed by atoms with Crippen LogP contribution in [0.4, 0.5) is 0 Å². The van der Waals surface area contributed by atoms with Crippen LogP contribution in [0.25, 0.3) is 6.08 Å². The zero-order valence-electron chi connectivity index (χ0n) is 10.3. The SMILES string of the molecule is CC(C)(C)NS(=O)(=O)c1ccc2c(c1)CC=C2. The van der Waals surface area contributed by atoms with E-state index in [9.17, 15) is 8.42 Å². The highest BCUT2D eigenvalue weighted by molar-refractivity contribution is 7.89. The first-order valence-electron chi connectivity index (χ1n) is 5.61. The van der Waals surface area contributed by atoms with Gasteiger partial charge in [-0.3, -0.25) is 0 Å². The lowest BCUT2D eigenvalue weighted by atomic mass is 10.1. The Labute approximate surface area is 103 Å². The van der Waals surface area contributed by atoms with Crippen LogP contribution in [0.2, 0.25) is 0 Å². The molecule has 1 aromatic carbocycles. The van der Waals surface area contributed by atoms with Crippen molar-refractivity contribution in [1.29, 1.82) is 0 Å². The highest BCUT2D eigenvalue weighted by atomic mass is 32.2. The Hall–Kier alpha value is -1.13. The second kappa shape index (κ2) is 3.96. The van der Waals surface area contributed by atoms with Gasteiger partial charge in [0.15, 0.2) is 0 Å². The third-order valence-electron chi connectivity index (χ3n) is 2.50. The third kappa shape index (κ3) is 2.76. The van der Waals surface area contributed by atoms with E-state index in [-0.39, 0.29) is 0 Å². The summed E-state index contributed by atoms with van der Waals surface area (Å²) >= 11 is 0. The summed E-state index contributed by atoms with van der Waals surface area (Å²) < 4.78 is 26.9. The molecule has 1 aromatic rings. The Morgan fingerprint density at radius 1 is 1.24 bits per heavy atom. The van der Waals surface area contributed by atoms with Crippen molar-refractivity contribution in [2.75, 3.05) is 0 Å². The summed E-state index contributed by atoms with van der Waals surface area (Å²) in [4.78, 5) is 0.342. The molecule has 92 valence electrons. The molecule has 0 unspecified atom stereocenters. The topological polar surface area (TPSA) is 46.2 Å². The van der Waals surface area contributed by atoms with Gasteiger partial charge >= 0.3 is 0 Å². The Morgan fingerprint density at radius 3 is 2.59 bits per heavy atom. The minimum absolute atomic E-state index is 0.342. The van der Waals surface area contributed by atoms with Crippen molar-refractivity contribution in [1.82, 2.24) is 4.72 Å². The molecule has 0 fully saturated rings. The quantitative estimate of drug-likeness (QED) is 0.877. The molecule has 3 nitrogen and oxygen atoms in total. The van der Waals surface area contributed by atoms with Gasteiger partial charge in [0, 0.05) is 5.54 Å². The van der Waals surface area contributed by atoms with Crippen LogP contribution in [0.3, 0.4) is 0 Å². The maximum atomic E-state index is 12.1. The van der Waals surface area contributed by atoms with Gasteiger partial charge in [0.2, 0.25) is 10.0 Å². The van der Waals surface area contributed by atoms with Gasteiger partial charge < -0.3 is 0 Å². The molecule has 0 aromatic heterocycles. The van der Waals surface area contributed by atoms with Crippen molar-refractivity contribution in [2.45, 2.75) is 37.6 Å². The molecule has 1 aliphatic carbocycles. The first kappa shape index (κ1) is 12.3. The van der Waals surface area contributed by atoms with Crippen LogP contribution in [0, 0.1) is 0 Å². The lowest BCUT2D eigenvalue weighted by molar-refractivity contribution is 0.491. The van der Waals surface area contributed by atoms with Crippen molar-refractivity contribution < 1.29 is 8.42 Å². The fourth-order valence-corrected chi connectivity index (χ4v) is 3.33. The summed E-state index contributed by atoms with van der Waals surface area (Å²) in [5, 5.41) is 0. The fourth-order valence-electron chi connectivity index (χ4n) is 1.86. The van der Waals surface area contributed by atoms with Crippen molar-refractivity contribution in [3.05, 3.63) is 35.4 Å². The first-order chi connectivity index (χ1) is 7.78. The van der Waals surface area contributed by atoms with Gasteiger partial charge in [0.25, 0.3) is 0 Å². The molecule has 1 aliphatic rings. The third-order valence-corrected chi connectivity index (χ3v) is 4.26. The molecule has 0 bridgehead atoms. The number of sulfonamides is 1. The van der Waals surface area contributed by atoms with Crippen LogP contribution >= 0.6 is 0 Å². The molecule has 4 heteroatoms. The molecular weight excluding hydrogens is 234 g/mol. The average Bonchev–Trinajstić information content (AvgIpc) is 2.59. The summed E-state index contributed by atoms with van der Waals surface area (Å²) in [5.74, 6) is 0. The van der Waals surface area contributed by atoms with E-state index >= 15 is 0 Å². The van der Waals surface area contributed by atoms with Crippen molar-refractivity contribution in [3.63, 3.8) is 0 Å². The first-order valence-corrected chi connectivity index (χ1v) is 7.10. The highest BCUT2D eigenvalue weighted by Gasteiger charge is 2.22. The zero-order valence-corrected chi connectivity index (χ0v) is 11.1. The van der Waals surface area contributed by atoms with Crippen molar-refractivity contribution in [2.24, 2.45) is 0 Å². The van der Waals surface area contributed by atoms with Crippen molar-refractivity contribution in [3.8, 4) is 0 Å². The zero-order chi connectivity index (χ0) is 12.7. The number of nitrogens with one attached hydrogen (secondary N) is 1. The molecule has 1 N–H and O–H groups in total. The lowest BCUT2D eigenvalue weighted by Gasteiger charge is -2.20. The van der Waals surface area contributed by atoms with Crippen LogP contribution in [-0.4, -0.2) is 14.0 Å². The predicted octanol–water partition coefficient (Wildman–Crippen LogP) is 2.33. The molecule has 0 aliphatic heterocycles. The van der Waals surface area contributed by atoms with E-state index in [1.165, 1.54) is 0 Å². The summed E-state index contributed by atoms with van der Waals surface area (Å²) in [6.45, 7) is 5.50. The van der Waals surface area contributed by atoms with Gasteiger partial charge in [-0.2, -0.15) is 0 Å². The van der Waals surface area contributed by atoms with E-state index in [1.54, 1.807) is 12.1 Å². The van der Waals surface area contributed by atoms with Gasteiger partial charge in [-0.25, -0.2) is 13.1 Å². The maximum absolute atomic E-state index is 12.1. The molecule has 0 heterocycles. The van der Waals surface area contributed by atoms with E-state index in [1.807, 2.05) is 39.0 Å². The molecular formula is C13H17NO2S. The van der Waals surface area contributed by atoms with Crippen LogP contribution in [-0.2, 0) is 16.4 Å². The van der Waals surface area contributed by atoms with Gasteiger partial charge in [-0.1, -0.05) is 18.2 Å². The van der Waals surface area contributed by atoms with E-state index in [0.29, 0.717) is 4.90 Å². The Bertz CT molecular complexity index is 566. The minimum Gasteiger partial charge on any atom is -0.207 e. The van der Waals surface area contributed by atoms with E-state index in [2.05, 4.69) is 4.72 Å². The van der Waals surface area contributed by atoms with Gasteiger partial charge in [-0.05, 0) is 50.5 Å². The Kier molecular flexibility index (Phi) is 2.87. The van der Waals surface area contributed by atoms with E-state index < -0.39 is 15.6 Å². The second-order valence-corrected chi connectivity index (χ2v) is 7.01. The van der Waals surface area contributed by atoms with Gasteiger partial charge in [0.05, 0.1) is 4.90 Å². The van der Waals surface area contributed by atoms with Crippen LogP contribution < -0.4 is 4.72 Å². The van der Waals surface area contributed by atoms with E-state index in [4.69, 9.17) is 0 Å². The molecule has 0 saturated heterocycles. The molecule has 0 spiro atoms. The summed E-state index contributed by atoms with van der Waals surface area (Å²) in [7, 11) is -3.42. The summed E-state index contributed by atoms with van der Waals surface area (Å²) in [5.41, 5.74) is 1.72. The van der Waals surface area contributed by atoms with Crippen LogP contribution in [0.15, 0.2) is 29.2 Å². The number of rotatable bonds is 2. The molecule has 0 amide bonds.